The van der Waals surface area contributed by atoms with Gasteiger partial charge in [-0.05, 0) is 36.8 Å². The Morgan fingerprint density at radius 1 is 1.21 bits per heavy atom. The minimum atomic E-state index is -3.84. The average Bonchev–Trinajstić information content (AvgIpc) is 2.63. The maximum atomic E-state index is 14.1. The van der Waals surface area contributed by atoms with Gasteiger partial charge < -0.3 is 5.32 Å². The van der Waals surface area contributed by atoms with Crippen molar-refractivity contribution in [3.05, 3.63) is 64.9 Å². The number of nitrogens with zero attached hydrogens (tertiary/aromatic N) is 1. The molecule has 5 nitrogen and oxygen atoms in total. The zero-order valence-electron chi connectivity index (χ0n) is 15.6. The van der Waals surface area contributed by atoms with Crippen LogP contribution >= 0.6 is 23.4 Å². The Balaban J connectivity index is 1.90. The van der Waals surface area contributed by atoms with Crippen LogP contribution in [0, 0.1) is 5.82 Å². The van der Waals surface area contributed by atoms with E-state index in [9.17, 15) is 17.6 Å². The highest BCUT2D eigenvalue weighted by Gasteiger charge is 2.30. The zero-order chi connectivity index (χ0) is 20.7. The predicted octanol–water partition coefficient (Wildman–Crippen LogP) is 3.68. The number of benzene rings is 2. The summed E-state index contributed by atoms with van der Waals surface area (Å²) in [6.07, 6.45) is 0.950. The number of hydrogen-bond donors (Lipinski definition) is 1. The van der Waals surface area contributed by atoms with Gasteiger partial charge in [0.05, 0.1) is 11.9 Å². The quantitative estimate of drug-likeness (QED) is 0.599. The molecule has 2 aromatic carbocycles. The van der Waals surface area contributed by atoms with Gasteiger partial charge in [-0.15, -0.1) is 0 Å². The molecule has 0 aliphatic heterocycles. The van der Waals surface area contributed by atoms with Crippen molar-refractivity contribution < 1.29 is 17.6 Å². The fourth-order valence-corrected chi connectivity index (χ4v) is 4.70. The van der Waals surface area contributed by atoms with Gasteiger partial charge >= 0.3 is 0 Å². The summed E-state index contributed by atoms with van der Waals surface area (Å²) < 4.78 is 39.2. The third kappa shape index (κ3) is 6.39. The van der Waals surface area contributed by atoms with Crippen LogP contribution in [0.4, 0.5) is 10.1 Å². The molecule has 0 radical (unpaired) electrons. The lowest BCUT2D eigenvalue weighted by Gasteiger charge is -2.28. The van der Waals surface area contributed by atoms with E-state index in [0.717, 1.165) is 27.9 Å². The van der Waals surface area contributed by atoms with Gasteiger partial charge in [0.1, 0.15) is 11.9 Å². The Hall–Kier alpha value is -1.77. The molecule has 0 unspecified atom stereocenters. The third-order valence-corrected chi connectivity index (χ3v) is 6.42. The second-order valence-corrected chi connectivity index (χ2v) is 9.56. The number of halogens is 2. The van der Waals surface area contributed by atoms with E-state index in [-0.39, 0.29) is 5.69 Å². The number of sulfonamides is 1. The summed E-state index contributed by atoms with van der Waals surface area (Å²) in [6.45, 7) is 1.81. The summed E-state index contributed by atoms with van der Waals surface area (Å²) >= 11 is 7.48. The van der Waals surface area contributed by atoms with Crippen molar-refractivity contribution in [2.45, 2.75) is 18.7 Å². The van der Waals surface area contributed by atoms with Crippen LogP contribution in [0.15, 0.2) is 48.5 Å². The van der Waals surface area contributed by atoms with Crippen molar-refractivity contribution in [2.24, 2.45) is 0 Å². The maximum Gasteiger partial charge on any atom is 0.243 e. The molecule has 0 saturated heterocycles. The van der Waals surface area contributed by atoms with Gasteiger partial charge in [0.25, 0.3) is 0 Å². The molecule has 1 atom stereocenters. The average molecular weight is 445 g/mol. The molecular weight excluding hydrogens is 423 g/mol. The van der Waals surface area contributed by atoms with Gasteiger partial charge in [0.2, 0.25) is 15.9 Å². The van der Waals surface area contributed by atoms with E-state index in [1.54, 1.807) is 11.8 Å². The number of thioether (sulfide) groups is 1. The zero-order valence-corrected chi connectivity index (χ0v) is 18.0. The molecule has 0 saturated carbocycles. The largest absolute Gasteiger partial charge is 0.353 e. The summed E-state index contributed by atoms with van der Waals surface area (Å²) in [5, 5.41) is 3.39. The second-order valence-electron chi connectivity index (χ2n) is 6.16. The van der Waals surface area contributed by atoms with Crippen LogP contribution in [0.2, 0.25) is 5.02 Å². The number of anilines is 1. The van der Waals surface area contributed by atoms with Gasteiger partial charge in [-0.3, -0.25) is 9.10 Å². The van der Waals surface area contributed by atoms with Gasteiger partial charge in [0.15, 0.2) is 0 Å². The fourth-order valence-electron chi connectivity index (χ4n) is 2.58. The molecule has 2 aromatic rings. The van der Waals surface area contributed by atoms with E-state index < -0.39 is 27.8 Å². The fraction of sp³-hybridized carbons (Fsp3) is 0.316. The summed E-state index contributed by atoms with van der Waals surface area (Å²) in [5.74, 6) is 0.235. The highest BCUT2D eigenvalue weighted by Crippen LogP contribution is 2.24. The van der Waals surface area contributed by atoms with E-state index in [1.165, 1.54) is 25.1 Å². The number of carbonyl (C=O) groups is 1. The normalized spacial score (nSPS) is 12.4. The Bertz CT molecular complexity index is 908. The molecule has 0 heterocycles. The number of amides is 1. The van der Waals surface area contributed by atoms with Gasteiger partial charge in [0, 0.05) is 23.1 Å². The van der Waals surface area contributed by atoms with Crippen LogP contribution < -0.4 is 9.62 Å². The summed E-state index contributed by atoms with van der Waals surface area (Å²) in [4.78, 5) is 12.4. The van der Waals surface area contributed by atoms with Crippen LogP contribution in [0.25, 0.3) is 0 Å². The number of carbonyl (C=O) groups excluding carboxylic acids is 1. The highest BCUT2D eigenvalue weighted by atomic mass is 35.5. The maximum absolute atomic E-state index is 14.1. The molecule has 0 fully saturated rings. The molecule has 0 aliphatic rings. The highest BCUT2D eigenvalue weighted by molar-refractivity contribution is 7.98. The van der Waals surface area contributed by atoms with E-state index in [2.05, 4.69) is 5.32 Å². The summed E-state index contributed by atoms with van der Waals surface area (Å²) in [7, 11) is -3.84. The third-order valence-electron chi connectivity index (χ3n) is 3.91. The molecule has 0 aromatic heterocycles. The summed E-state index contributed by atoms with van der Waals surface area (Å²) in [5.41, 5.74) is 0.974. The van der Waals surface area contributed by atoms with Crippen molar-refractivity contribution in [3.8, 4) is 0 Å². The van der Waals surface area contributed by atoms with Gasteiger partial charge in [-0.25, -0.2) is 12.8 Å². The lowest BCUT2D eigenvalue weighted by molar-refractivity contribution is -0.121. The van der Waals surface area contributed by atoms with Gasteiger partial charge in [-0.2, -0.15) is 11.8 Å². The first-order valence-corrected chi connectivity index (χ1v) is 11.9. The van der Waals surface area contributed by atoms with Crippen LogP contribution in [0.3, 0.4) is 0 Å². The number of para-hydroxylation sites is 1. The van der Waals surface area contributed by atoms with Gasteiger partial charge in [-0.1, -0.05) is 35.9 Å². The van der Waals surface area contributed by atoms with E-state index in [4.69, 9.17) is 11.6 Å². The van der Waals surface area contributed by atoms with Crippen molar-refractivity contribution in [1.82, 2.24) is 5.32 Å². The Morgan fingerprint density at radius 3 is 2.46 bits per heavy atom. The van der Waals surface area contributed by atoms with Crippen LogP contribution in [0.5, 0.6) is 0 Å². The first-order valence-electron chi connectivity index (χ1n) is 8.54. The lowest BCUT2D eigenvalue weighted by atomic mass is 10.2. The van der Waals surface area contributed by atoms with Crippen molar-refractivity contribution in [2.75, 3.05) is 22.9 Å². The molecule has 0 spiro atoms. The topological polar surface area (TPSA) is 66.5 Å². The predicted molar refractivity (Wildman–Crippen MR) is 114 cm³/mol. The SMILES string of the molecule is C[C@@H](C(=O)NCCSCc1ccc(Cl)cc1)N(c1ccccc1F)S(C)(=O)=O. The monoisotopic (exact) mass is 444 g/mol. The van der Waals surface area contributed by atoms with Crippen LogP contribution in [-0.4, -0.2) is 38.9 Å². The minimum absolute atomic E-state index is 0.148. The van der Waals surface area contributed by atoms with Crippen LogP contribution in [-0.2, 0) is 20.6 Å². The number of nitrogens with one attached hydrogen (secondary N) is 1. The Labute approximate surface area is 174 Å². The minimum Gasteiger partial charge on any atom is -0.353 e. The molecule has 1 N–H and O–H groups in total. The molecule has 152 valence electrons. The second kappa shape index (κ2) is 10.1. The van der Waals surface area contributed by atoms with Crippen molar-refractivity contribution in [1.29, 1.82) is 0 Å². The molecule has 1 amide bonds. The molecule has 28 heavy (non-hydrogen) atoms. The van der Waals surface area contributed by atoms with Crippen LogP contribution in [0.1, 0.15) is 12.5 Å². The lowest BCUT2D eigenvalue weighted by Crippen LogP contribution is -2.48. The van der Waals surface area contributed by atoms with Crippen molar-refractivity contribution in [3.63, 3.8) is 0 Å². The van der Waals surface area contributed by atoms with E-state index in [1.807, 2.05) is 24.3 Å². The first-order chi connectivity index (χ1) is 13.2. The molecule has 0 aliphatic carbocycles. The number of hydrogen-bond acceptors (Lipinski definition) is 4. The van der Waals surface area contributed by atoms with E-state index >= 15 is 0 Å². The molecular formula is C19H22ClFN2O3S2. The Morgan fingerprint density at radius 2 is 1.86 bits per heavy atom. The first kappa shape index (κ1) is 22.5. The number of rotatable bonds is 9. The van der Waals surface area contributed by atoms with E-state index in [0.29, 0.717) is 17.3 Å². The molecule has 0 bridgehead atoms. The summed E-state index contributed by atoms with van der Waals surface area (Å²) in [6, 6.07) is 11.9. The molecule has 2 rings (SSSR count). The van der Waals surface area contributed by atoms with Crippen molar-refractivity contribution >= 4 is 45.0 Å². The molecule has 9 heteroatoms. The Kier molecular flexibility index (Phi) is 8.15. The smallest absolute Gasteiger partial charge is 0.243 e. The standard InChI is InChI=1S/C19H22ClFN2O3S2/c1-14(23(28(2,25)26)18-6-4-3-5-17(18)21)19(24)22-11-12-27-13-15-7-9-16(20)10-8-15/h3-10,14H,11-13H2,1-2H3,(H,22,24)/t14-/m0/s1.